The number of esters is 1. The van der Waals surface area contributed by atoms with Crippen LogP contribution >= 0.6 is 34.2 Å². The zero-order valence-electron chi connectivity index (χ0n) is 6.80. The van der Waals surface area contributed by atoms with Crippen LogP contribution in [0.1, 0.15) is 10.4 Å². The number of carbonyl (C=O) groups is 1. The van der Waals surface area contributed by atoms with Crippen molar-refractivity contribution in [3.63, 3.8) is 0 Å². The lowest BCUT2D eigenvalue weighted by Crippen LogP contribution is -2.07. The summed E-state index contributed by atoms with van der Waals surface area (Å²) in [4.78, 5) is 11.2. The number of nitrogen functional groups attached to an aromatic ring is 1. The van der Waals surface area contributed by atoms with Crippen LogP contribution < -0.4 is 5.73 Å². The molecule has 0 heterocycles. The molecule has 0 aliphatic carbocycles. The van der Waals surface area contributed by atoms with Gasteiger partial charge in [0.15, 0.2) is 0 Å². The van der Waals surface area contributed by atoms with Gasteiger partial charge < -0.3 is 10.5 Å². The summed E-state index contributed by atoms with van der Waals surface area (Å²) in [6.45, 7) is 0. The van der Waals surface area contributed by atoms with Crippen molar-refractivity contribution in [1.82, 2.24) is 0 Å². The van der Waals surface area contributed by atoms with Crippen LogP contribution in [0.25, 0.3) is 0 Å². The minimum absolute atomic E-state index is 0.337. The summed E-state index contributed by atoms with van der Waals surface area (Å²) in [5.41, 5.74) is 6.31. The Morgan fingerprint density at radius 3 is 2.69 bits per heavy atom. The average molecular weight is 312 g/mol. The van der Waals surface area contributed by atoms with E-state index in [0.29, 0.717) is 19.8 Å². The van der Waals surface area contributed by atoms with Crippen LogP contribution in [0, 0.1) is 3.57 Å². The summed E-state index contributed by atoms with van der Waals surface area (Å²) >= 11 is 7.72. The molecule has 0 saturated carbocycles. The molecule has 0 aliphatic heterocycles. The van der Waals surface area contributed by atoms with E-state index in [1.165, 1.54) is 13.2 Å². The molecule has 0 spiro atoms. The lowest BCUT2D eigenvalue weighted by Gasteiger charge is -2.06. The van der Waals surface area contributed by atoms with E-state index in [-0.39, 0.29) is 0 Å². The zero-order valence-corrected chi connectivity index (χ0v) is 9.72. The molecule has 0 saturated heterocycles. The summed E-state index contributed by atoms with van der Waals surface area (Å²) in [6.07, 6.45) is 0. The highest BCUT2D eigenvalue weighted by Crippen LogP contribution is 2.24. The van der Waals surface area contributed by atoms with Gasteiger partial charge in [0.2, 0.25) is 0 Å². The number of halogens is 2. The average Bonchev–Trinajstić information content (AvgIpc) is 2.02. The van der Waals surface area contributed by atoms with Gasteiger partial charge in [-0.2, -0.15) is 0 Å². The molecule has 70 valence electrons. The van der Waals surface area contributed by atoms with Crippen LogP contribution in [-0.4, -0.2) is 13.1 Å². The number of nitrogens with two attached hydrogens (primary N) is 1. The second kappa shape index (κ2) is 4.15. The number of rotatable bonds is 1. The lowest BCUT2D eigenvalue weighted by atomic mass is 10.2. The minimum atomic E-state index is -0.446. The molecule has 0 atom stereocenters. The standard InChI is InChI=1S/C8H7ClINO2/c1-13-8(12)7-5(10)2-4(9)3-6(7)11/h2-3H,11H2,1H3. The summed E-state index contributed by atoms with van der Waals surface area (Å²) in [5, 5.41) is 0.509. The number of carbonyl (C=O) groups excluding carboxylic acids is 1. The van der Waals surface area contributed by atoms with Gasteiger partial charge in [0.05, 0.1) is 12.7 Å². The third-order valence-corrected chi connectivity index (χ3v) is 2.54. The number of hydrogen-bond donors (Lipinski definition) is 1. The SMILES string of the molecule is COC(=O)c1c(N)cc(Cl)cc1I. The topological polar surface area (TPSA) is 52.3 Å². The number of anilines is 1. The molecule has 0 radical (unpaired) electrons. The van der Waals surface area contributed by atoms with E-state index in [0.717, 1.165) is 0 Å². The lowest BCUT2D eigenvalue weighted by molar-refractivity contribution is 0.0601. The molecule has 0 unspecified atom stereocenters. The molecule has 3 nitrogen and oxygen atoms in total. The van der Waals surface area contributed by atoms with E-state index < -0.39 is 5.97 Å². The van der Waals surface area contributed by atoms with E-state index in [1.807, 2.05) is 22.6 Å². The molecule has 2 N–H and O–H groups in total. The van der Waals surface area contributed by atoms with Gasteiger partial charge in [-0.15, -0.1) is 0 Å². The Hall–Kier alpha value is -0.490. The van der Waals surface area contributed by atoms with Crippen LogP contribution in [0.4, 0.5) is 5.69 Å². The van der Waals surface area contributed by atoms with Crippen LogP contribution in [0.15, 0.2) is 12.1 Å². The second-order valence-corrected chi connectivity index (χ2v) is 3.94. The normalized spacial score (nSPS) is 9.77. The summed E-state index contributed by atoms with van der Waals surface area (Å²) in [6, 6.07) is 3.18. The number of methoxy groups -OCH3 is 1. The molecule has 1 rings (SSSR count). The van der Waals surface area contributed by atoms with Gasteiger partial charge >= 0.3 is 5.97 Å². The van der Waals surface area contributed by atoms with Crippen molar-refractivity contribution < 1.29 is 9.53 Å². The van der Waals surface area contributed by atoms with E-state index in [4.69, 9.17) is 17.3 Å². The Bertz CT molecular complexity index is 331. The quantitative estimate of drug-likeness (QED) is 0.492. The third-order valence-electron chi connectivity index (χ3n) is 1.48. The first-order valence-corrected chi connectivity index (χ1v) is 4.84. The highest BCUT2D eigenvalue weighted by Gasteiger charge is 2.14. The monoisotopic (exact) mass is 311 g/mol. The predicted octanol–water partition coefficient (Wildman–Crippen LogP) is 2.31. The number of hydrogen-bond acceptors (Lipinski definition) is 3. The zero-order chi connectivity index (χ0) is 10.0. The number of benzene rings is 1. The molecule has 1 aromatic rings. The molecule has 0 amide bonds. The molecular weight excluding hydrogens is 304 g/mol. The predicted molar refractivity (Wildman–Crippen MR) is 59.9 cm³/mol. The van der Waals surface area contributed by atoms with E-state index in [9.17, 15) is 4.79 Å². The first kappa shape index (κ1) is 10.6. The van der Waals surface area contributed by atoms with Crippen molar-refractivity contribution in [1.29, 1.82) is 0 Å². The highest BCUT2D eigenvalue weighted by atomic mass is 127. The van der Waals surface area contributed by atoms with Gasteiger partial charge in [-0.05, 0) is 34.7 Å². The van der Waals surface area contributed by atoms with Crippen molar-refractivity contribution in [3.05, 3.63) is 26.3 Å². The molecule has 0 bridgehead atoms. The largest absolute Gasteiger partial charge is 0.465 e. The van der Waals surface area contributed by atoms with Crippen LogP contribution in [-0.2, 0) is 4.74 Å². The van der Waals surface area contributed by atoms with Crippen molar-refractivity contribution in [3.8, 4) is 0 Å². The Balaban J connectivity index is 3.28. The summed E-state index contributed by atoms with van der Waals surface area (Å²) < 4.78 is 5.26. The maximum absolute atomic E-state index is 11.2. The van der Waals surface area contributed by atoms with Gasteiger partial charge in [0.25, 0.3) is 0 Å². The first-order valence-electron chi connectivity index (χ1n) is 3.39. The van der Waals surface area contributed by atoms with Crippen LogP contribution in [0.2, 0.25) is 5.02 Å². The third kappa shape index (κ3) is 2.25. The molecule has 0 aliphatic rings. The van der Waals surface area contributed by atoms with Crippen LogP contribution in [0.3, 0.4) is 0 Å². The summed E-state index contributed by atoms with van der Waals surface area (Å²) in [5.74, 6) is -0.446. The van der Waals surface area contributed by atoms with Crippen molar-refractivity contribution in [2.24, 2.45) is 0 Å². The Morgan fingerprint density at radius 1 is 1.62 bits per heavy atom. The fourth-order valence-electron chi connectivity index (χ4n) is 0.911. The van der Waals surface area contributed by atoms with Gasteiger partial charge in [0, 0.05) is 14.3 Å². The molecule has 0 aromatic heterocycles. The molecule has 13 heavy (non-hydrogen) atoms. The minimum Gasteiger partial charge on any atom is -0.465 e. The van der Waals surface area contributed by atoms with Crippen molar-refractivity contribution in [2.45, 2.75) is 0 Å². The highest BCUT2D eigenvalue weighted by molar-refractivity contribution is 14.1. The van der Waals surface area contributed by atoms with E-state index in [2.05, 4.69) is 4.74 Å². The van der Waals surface area contributed by atoms with Gasteiger partial charge in [-0.1, -0.05) is 11.6 Å². The molecule has 5 heteroatoms. The summed E-state index contributed by atoms with van der Waals surface area (Å²) in [7, 11) is 1.31. The molecule has 1 aromatic carbocycles. The van der Waals surface area contributed by atoms with Gasteiger partial charge in [-0.3, -0.25) is 0 Å². The first-order chi connectivity index (χ1) is 6.06. The van der Waals surface area contributed by atoms with E-state index in [1.54, 1.807) is 6.07 Å². The second-order valence-electron chi connectivity index (χ2n) is 2.34. The molecule has 0 fully saturated rings. The maximum Gasteiger partial charge on any atom is 0.341 e. The van der Waals surface area contributed by atoms with Crippen molar-refractivity contribution in [2.75, 3.05) is 12.8 Å². The Labute approximate surface area is 94.3 Å². The van der Waals surface area contributed by atoms with Crippen molar-refractivity contribution >= 4 is 45.8 Å². The van der Waals surface area contributed by atoms with Crippen LogP contribution in [0.5, 0.6) is 0 Å². The fraction of sp³-hybridized carbons (Fsp3) is 0.125. The van der Waals surface area contributed by atoms with Gasteiger partial charge in [-0.25, -0.2) is 4.79 Å². The number of ether oxygens (including phenoxy) is 1. The fourth-order valence-corrected chi connectivity index (χ4v) is 2.19. The molecular formula is C8H7ClINO2. The van der Waals surface area contributed by atoms with Gasteiger partial charge in [0.1, 0.15) is 0 Å². The smallest absolute Gasteiger partial charge is 0.341 e. The maximum atomic E-state index is 11.2. The Morgan fingerprint density at radius 2 is 2.23 bits per heavy atom. The Kier molecular flexibility index (Phi) is 3.38. The van der Waals surface area contributed by atoms with E-state index >= 15 is 0 Å².